The highest BCUT2D eigenvalue weighted by Gasteiger charge is 2.09. The van der Waals surface area contributed by atoms with Crippen LogP contribution in [0.2, 0.25) is 0 Å². The molecule has 0 fully saturated rings. The molecule has 0 radical (unpaired) electrons. The number of rotatable bonds is 6. The monoisotopic (exact) mass is 351 g/mol. The number of benzene rings is 2. The molecular weight excluding hydrogens is 334 g/mol. The number of thiazole rings is 1. The van der Waals surface area contributed by atoms with Crippen LogP contribution in [0, 0.1) is 0 Å². The van der Waals surface area contributed by atoms with Gasteiger partial charge in [0.15, 0.2) is 5.01 Å². The minimum absolute atomic E-state index is 0.0627. The fourth-order valence-electron chi connectivity index (χ4n) is 2.32. The van der Waals surface area contributed by atoms with Crippen LogP contribution in [-0.4, -0.2) is 16.8 Å². The molecule has 5 nitrogen and oxygen atoms in total. The van der Waals surface area contributed by atoms with Gasteiger partial charge in [-0.15, -0.1) is 11.3 Å². The Hall–Kier alpha value is -2.99. The number of amides is 2. The van der Waals surface area contributed by atoms with Crippen molar-refractivity contribution in [2.75, 3.05) is 10.6 Å². The van der Waals surface area contributed by atoms with Gasteiger partial charge in [0, 0.05) is 29.4 Å². The van der Waals surface area contributed by atoms with Crippen LogP contribution in [-0.2, 0) is 11.2 Å². The highest BCUT2D eigenvalue weighted by Crippen LogP contribution is 2.17. The summed E-state index contributed by atoms with van der Waals surface area (Å²) in [7, 11) is 0. The van der Waals surface area contributed by atoms with Crippen LogP contribution >= 0.6 is 11.3 Å². The first kappa shape index (κ1) is 16.9. The van der Waals surface area contributed by atoms with Crippen molar-refractivity contribution in [3.8, 4) is 0 Å². The second kappa shape index (κ2) is 8.21. The van der Waals surface area contributed by atoms with Crippen molar-refractivity contribution in [1.82, 2.24) is 4.98 Å². The Balaban J connectivity index is 1.56. The summed E-state index contributed by atoms with van der Waals surface area (Å²) < 4.78 is 0. The third-order valence-electron chi connectivity index (χ3n) is 3.51. The molecule has 3 rings (SSSR count). The molecule has 2 amide bonds. The Bertz CT molecular complexity index is 848. The summed E-state index contributed by atoms with van der Waals surface area (Å²) in [5.41, 5.74) is 2.39. The van der Waals surface area contributed by atoms with Gasteiger partial charge in [-0.3, -0.25) is 9.59 Å². The van der Waals surface area contributed by atoms with E-state index in [2.05, 4.69) is 15.6 Å². The van der Waals surface area contributed by atoms with Crippen molar-refractivity contribution in [2.24, 2.45) is 0 Å². The highest BCUT2D eigenvalue weighted by molar-refractivity contribution is 7.11. The zero-order chi connectivity index (χ0) is 17.5. The van der Waals surface area contributed by atoms with Crippen LogP contribution in [0.4, 0.5) is 11.4 Å². The number of hydrogen-bond acceptors (Lipinski definition) is 4. The van der Waals surface area contributed by atoms with Gasteiger partial charge in [-0.2, -0.15) is 0 Å². The number of nitrogens with one attached hydrogen (secondary N) is 2. The van der Waals surface area contributed by atoms with E-state index in [1.807, 2.05) is 30.3 Å². The summed E-state index contributed by atoms with van der Waals surface area (Å²) in [6.07, 6.45) is 2.68. The van der Waals surface area contributed by atoms with E-state index in [0.29, 0.717) is 29.2 Å². The SMILES string of the molecule is O=C(CCc1ccccc1)Nc1cccc(NC(=O)c2nccs2)c1. The van der Waals surface area contributed by atoms with Crippen molar-refractivity contribution in [3.63, 3.8) is 0 Å². The third kappa shape index (κ3) is 4.99. The van der Waals surface area contributed by atoms with Gasteiger partial charge in [-0.1, -0.05) is 36.4 Å². The molecule has 2 N–H and O–H groups in total. The molecular formula is C19H17N3O2S. The van der Waals surface area contributed by atoms with Gasteiger partial charge in [0.2, 0.25) is 5.91 Å². The Morgan fingerprint density at radius 1 is 0.960 bits per heavy atom. The number of anilines is 2. The largest absolute Gasteiger partial charge is 0.326 e. The summed E-state index contributed by atoms with van der Waals surface area (Å²) in [6.45, 7) is 0. The van der Waals surface area contributed by atoms with Crippen LogP contribution in [0.25, 0.3) is 0 Å². The molecule has 0 aliphatic heterocycles. The van der Waals surface area contributed by atoms with Crippen molar-refractivity contribution in [2.45, 2.75) is 12.8 Å². The molecule has 0 aliphatic rings. The van der Waals surface area contributed by atoms with E-state index < -0.39 is 0 Å². The lowest BCUT2D eigenvalue weighted by Crippen LogP contribution is -2.14. The summed E-state index contributed by atoms with van der Waals surface area (Å²) >= 11 is 1.28. The predicted molar refractivity (Wildman–Crippen MR) is 99.9 cm³/mol. The fourth-order valence-corrected chi connectivity index (χ4v) is 2.85. The standard InChI is InChI=1S/C19H17N3O2S/c23-17(10-9-14-5-2-1-3-6-14)21-15-7-4-8-16(13-15)22-18(24)19-20-11-12-25-19/h1-8,11-13H,9-10H2,(H,21,23)(H,22,24). The molecule has 0 unspecified atom stereocenters. The number of carbonyl (C=O) groups is 2. The number of carbonyl (C=O) groups excluding carboxylic acids is 2. The molecule has 0 saturated heterocycles. The number of aryl methyl sites for hydroxylation is 1. The van der Waals surface area contributed by atoms with Gasteiger partial charge >= 0.3 is 0 Å². The van der Waals surface area contributed by atoms with Gasteiger partial charge in [0.1, 0.15) is 0 Å². The average molecular weight is 351 g/mol. The van der Waals surface area contributed by atoms with E-state index in [4.69, 9.17) is 0 Å². The lowest BCUT2D eigenvalue weighted by atomic mass is 10.1. The average Bonchev–Trinajstić information content (AvgIpc) is 3.16. The molecule has 2 aromatic carbocycles. The summed E-state index contributed by atoms with van der Waals surface area (Å²) in [6, 6.07) is 16.9. The second-order valence-corrected chi connectivity index (χ2v) is 6.30. The summed E-state index contributed by atoms with van der Waals surface area (Å²) in [5.74, 6) is -0.324. The zero-order valence-electron chi connectivity index (χ0n) is 13.4. The van der Waals surface area contributed by atoms with Crippen LogP contribution in [0.15, 0.2) is 66.2 Å². The van der Waals surface area contributed by atoms with E-state index in [9.17, 15) is 9.59 Å². The number of aromatic nitrogens is 1. The van der Waals surface area contributed by atoms with Crippen LogP contribution in [0.1, 0.15) is 21.8 Å². The maximum absolute atomic E-state index is 12.1. The minimum atomic E-state index is -0.262. The fraction of sp³-hybridized carbons (Fsp3) is 0.105. The normalized spacial score (nSPS) is 10.2. The predicted octanol–water partition coefficient (Wildman–Crippen LogP) is 3.97. The highest BCUT2D eigenvalue weighted by atomic mass is 32.1. The maximum atomic E-state index is 12.1. The lowest BCUT2D eigenvalue weighted by Gasteiger charge is -2.08. The number of hydrogen-bond donors (Lipinski definition) is 2. The van der Waals surface area contributed by atoms with Crippen molar-refractivity contribution in [1.29, 1.82) is 0 Å². The third-order valence-corrected chi connectivity index (χ3v) is 4.29. The van der Waals surface area contributed by atoms with E-state index in [-0.39, 0.29) is 11.8 Å². The summed E-state index contributed by atoms with van der Waals surface area (Å²) in [4.78, 5) is 28.1. The van der Waals surface area contributed by atoms with Gasteiger partial charge < -0.3 is 10.6 Å². The summed E-state index contributed by atoms with van der Waals surface area (Å²) in [5, 5.41) is 7.78. The first-order chi connectivity index (χ1) is 12.2. The van der Waals surface area contributed by atoms with E-state index in [0.717, 1.165) is 5.56 Å². The molecule has 0 atom stereocenters. The molecule has 0 spiro atoms. The minimum Gasteiger partial charge on any atom is -0.326 e. The smallest absolute Gasteiger partial charge is 0.284 e. The Kier molecular flexibility index (Phi) is 5.53. The molecule has 25 heavy (non-hydrogen) atoms. The molecule has 126 valence electrons. The van der Waals surface area contributed by atoms with Gasteiger partial charge in [-0.25, -0.2) is 4.98 Å². The maximum Gasteiger partial charge on any atom is 0.284 e. The van der Waals surface area contributed by atoms with Gasteiger partial charge in [0.05, 0.1) is 0 Å². The van der Waals surface area contributed by atoms with Crippen LogP contribution < -0.4 is 10.6 Å². The van der Waals surface area contributed by atoms with Crippen LogP contribution in [0.5, 0.6) is 0 Å². The van der Waals surface area contributed by atoms with Gasteiger partial charge in [-0.05, 0) is 30.2 Å². The molecule has 1 aromatic heterocycles. The van der Waals surface area contributed by atoms with E-state index in [1.165, 1.54) is 11.3 Å². The van der Waals surface area contributed by atoms with Crippen molar-refractivity contribution < 1.29 is 9.59 Å². The first-order valence-corrected chi connectivity index (χ1v) is 8.73. The van der Waals surface area contributed by atoms with Crippen LogP contribution in [0.3, 0.4) is 0 Å². The molecule has 3 aromatic rings. The number of nitrogens with zero attached hydrogens (tertiary/aromatic N) is 1. The van der Waals surface area contributed by atoms with E-state index in [1.54, 1.807) is 35.8 Å². The van der Waals surface area contributed by atoms with Crippen molar-refractivity contribution >= 4 is 34.5 Å². The zero-order valence-corrected chi connectivity index (χ0v) is 14.3. The Labute approximate surface area is 149 Å². The lowest BCUT2D eigenvalue weighted by molar-refractivity contribution is -0.116. The van der Waals surface area contributed by atoms with Gasteiger partial charge in [0.25, 0.3) is 5.91 Å². The topological polar surface area (TPSA) is 71.1 Å². The molecule has 0 saturated carbocycles. The second-order valence-electron chi connectivity index (χ2n) is 5.41. The van der Waals surface area contributed by atoms with Crippen molar-refractivity contribution in [3.05, 3.63) is 76.7 Å². The Morgan fingerprint density at radius 2 is 1.72 bits per heavy atom. The van der Waals surface area contributed by atoms with E-state index >= 15 is 0 Å². The quantitative estimate of drug-likeness (QED) is 0.706. The Morgan fingerprint density at radius 3 is 2.44 bits per heavy atom. The molecule has 1 heterocycles. The molecule has 0 aliphatic carbocycles. The first-order valence-electron chi connectivity index (χ1n) is 7.85. The molecule has 6 heteroatoms. The molecule has 0 bridgehead atoms.